The molecule has 0 saturated heterocycles. The summed E-state index contributed by atoms with van der Waals surface area (Å²) in [6.07, 6.45) is -5.59. The molecule has 21 heavy (non-hydrogen) atoms. The van der Waals surface area contributed by atoms with Gasteiger partial charge in [-0.1, -0.05) is 6.07 Å². The first kappa shape index (κ1) is 16.6. The van der Waals surface area contributed by atoms with E-state index in [0.29, 0.717) is 0 Å². The number of amides is 1. The number of phenols is 1. The number of halogens is 3. The van der Waals surface area contributed by atoms with Crippen molar-refractivity contribution in [3.05, 3.63) is 23.8 Å². The van der Waals surface area contributed by atoms with E-state index >= 15 is 0 Å². The lowest BCUT2D eigenvalue weighted by Gasteiger charge is -2.16. The molecule has 1 amide bonds. The fourth-order valence-electron chi connectivity index (χ4n) is 1.54. The van der Waals surface area contributed by atoms with E-state index in [-0.39, 0.29) is 17.1 Å². The zero-order chi connectivity index (χ0) is 16.2. The lowest BCUT2D eigenvalue weighted by Crippen LogP contribution is -2.47. The number of aliphatic carboxylic acids is 1. The molecule has 1 unspecified atom stereocenters. The maximum Gasteiger partial charge on any atom is 0.471 e. The van der Waals surface area contributed by atoms with Crippen molar-refractivity contribution in [3.63, 3.8) is 0 Å². The van der Waals surface area contributed by atoms with E-state index in [9.17, 15) is 27.9 Å². The number of aromatic hydroxyl groups is 1. The Balaban J connectivity index is 2.87. The van der Waals surface area contributed by atoms with Crippen LogP contribution >= 0.6 is 0 Å². The predicted molar refractivity (Wildman–Crippen MR) is 64.0 cm³/mol. The highest BCUT2D eigenvalue weighted by Gasteiger charge is 2.40. The fourth-order valence-corrected chi connectivity index (χ4v) is 1.54. The fraction of sp³-hybridized carbons (Fsp3) is 0.333. The van der Waals surface area contributed by atoms with Gasteiger partial charge in [0.05, 0.1) is 7.11 Å². The van der Waals surface area contributed by atoms with Crippen molar-refractivity contribution in [2.45, 2.75) is 18.6 Å². The summed E-state index contributed by atoms with van der Waals surface area (Å²) < 4.78 is 41.1. The Bertz CT molecular complexity index is 544. The van der Waals surface area contributed by atoms with Gasteiger partial charge in [0, 0.05) is 6.42 Å². The lowest BCUT2D eigenvalue weighted by molar-refractivity contribution is -0.175. The quantitative estimate of drug-likeness (QED) is 0.756. The number of phenolic OH excluding ortho intramolecular Hbond substituents is 1. The zero-order valence-electron chi connectivity index (χ0n) is 10.8. The van der Waals surface area contributed by atoms with E-state index in [2.05, 4.69) is 0 Å². The van der Waals surface area contributed by atoms with Crippen molar-refractivity contribution in [1.82, 2.24) is 5.32 Å². The Labute approximate surface area is 117 Å². The number of carbonyl (C=O) groups is 2. The van der Waals surface area contributed by atoms with E-state index < -0.39 is 30.5 Å². The van der Waals surface area contributed by atoms with Gasteiger partial charge in [-0.3, -0.25) is 4.79 Å². The number of benzene rings is 1. The zero-order valence-corrected chi connectivity index (χ0v) is 10.8. The summed E-state index contributed by atoms with van der Waals surface area (Å²) in [6, 6.07) is 2.07. The van der Waals surface area contributed by atoms with E-state index in [4.69, 9.17) is 9.84 Å². The average molecular weight is 307 g/mol. The number of carboxylic acid groups (broad SMARTS) is 1. The number of hydrogen-bond donors (Lipinski definition) is 3. The third kappa shape index (κ3) is 4.55. The first-order valence-electron chi connectivity index (χ1n) is 5.61. The van der Waals surface area contributed by atoms with Crippen LogP contribution in [0.15, 0.2) is 18.2 Å². The molecule has 1 aromatic carbocycles. The summed E-state index contributed by atoms with van der Waals surface area (Å²) in [5.41, 5.74) is 0.225. The van der Waals surface area contributed by atoms with Crippen LogP contribution in [0, 0.1) is 0 Å². The van der Waals surface area contributed by atoms with Crippen LogP contribution in [0.5, 0.6) is 11.5 Å². The van der Waals surface area contributed by atoms with Crippen LogP contribution in [0.2, 0.25) is 0 Å². The molecule has 0 bridgehead atoms. The van der Waals surface area contributed by atoms with Crippen molar-refractivity contribution in [2.24, 2.45) is 0 Å². The number of carboxylic acids is 1. The monoisotopic (exact) mass is 307 g/mol. The molecular weight excluding hydrogens is 295 g/mol. The van der Waals surface area contributed by atoms with Crippen molar-refractivity contribution < 1.29 is 37.7 Å². The maximum absolute atomic E-state index is 12.1. The minimum atomic E-state index is -5.17. The number of carbonyl (C=O) groups excluding carboxylic acids is 1. The van der Waals surface area contributed by atoms with Crippen molar-refractivity contribution in [3.8, 4) is 11.5 Å². The molecule has 0 aliphatic heterocycles. The van der Waals surface area contributed by atoms with Crippen LogP contribution in [0.4, 0.5) is 13.2 Å². The second-order valence-electron chi connectivity index (χ2n) is 4.07. The molecule has 0 aromatic heterocycles. The van der Waals surface area contributed by atoms with Crippen molar-refractivity contribution in [1.29, 1.82) is 0 Å². The van der Waals surface area contributed by atoms with Gasteiger partial charge in [-0.05, 0) is 17.7 Å². The molecular formula is C12H12F3NO5. The Kier molecular flexibility index (Phi) is 5.01. The molecule has 6 nitrogen and oxygen atoms in total. The van der Waals surface area contributed by atoms with Gasteiger partial charge in [-0.15, -0.1) is 0 Å². The highest BCUT2D eigenvalue weighted by atomic mass is 19.4. The van der Waals surface area contributed by atoms with Gasteiger partial charge in [0.15, 0.2) is 11.5 Å². The van der Waals surface area contributed by atoms with Crippen LogP contribution in [0.3, 0.4) is 0 Å². The van der Waals surface area contributed by atoms with Crippen molar-refractivity contribution >= 4 is 11.9 Å². The molecule has 0 heterocycles. The van der Waals surface area contributed by atoms with E-state index in [1.807, 2.05) is 0 Å². The van der Waals surface area contributed by atoms with Crippen LogP contribution in [-0.4, -0.2) is 41.4 Å². The van der Waals surface area contributed by atoms with Gasteiger partial charge >= 0.3 is 18.1 Å². The molecule has 0 spiro atoms. The second-order valence-corrected chi connectivity index (χ2v) is 4.07. The average Bonchev–Trinajstić information content (AvgIpc) is 2.36. The summed E-state index contributed by atoms with van der Waals surface area (Å²) in [5, 5.41) is 19.7. The first-order valence-corrected chi connectivity index (χ1v) is 5.61. The number of rotatable bonds is 5. The van der Waals surface area contributed by atoms with Gasteiger partial charge in [0.2, 0.25) is 0 Å². The van der Waals surface area contributed by atoms with Crippen LogP contribution in [-0.2, 0) is 16.0 Å². The molecule has 0 aliphatic rings. The summed E-state index contributed by atoms with van der Waals surface area (Å²) in [5.74, 6) is -4.12. The Morgan fingerprint density at radius 2 is 2.00 bits per heavy atom. The molecule has 0 radical (unpaired) electrons. The van der Waals surface area contributed by atoms with Crippen LogP contribution < -0.4 is 10.1 Å². The van der Waals surface area contributed by atoms with Crippen molar-refractivity contribution in [2.75, 3.05) is 7.11 Å². The summed E-state index contributed by atoms with van der Waals surface area (Å²) in [6.45, 7) is 0. The number of nitrogens with one attached hydrogen (secondary N) is 1. The lowest BCUT2D eigenvalue weighted by atomic mass is 10.1. The predicted octanol–water partition coefficient (Wildman–Crippen LogP) is 1.07. The van der Waals surface area contributed by atoms with Gasteiger partial charge in [-0.25, -0.2) is 4.79 Å². The van der Waals surface area contributed by atoms with E-state index in [0.717, 1.165) is 6.07 Å². The summed E-state index contributed by atoms with van der Waals surface area (Å²) in [4.78, 5) is 21.7. The molecule has 0 aliphatic carbocycles. The normalized spacial score (nSPS) is 12.6. The van der Waals surface area contributed by atoms with Crippen LogP contribution in [0.25, 0.3) is 0 Å². The minimum Gasteiger partial charge on any atom is -0.504 e. The molecule has 116 valence electrons. The Morgan fingerprint density at radius 3 is 2.43 bits per heavy atom. The first-order chi connectivity index (χ1) is 9.65. The molecule has 1 aromatic rings. The highest BCUT2D eigenvalue weighted by Crippen LogP contribution is 2.26. The SMILES string of the molecule is COc1ccc(CC(NC(=O)C(F)(F)F)C(=O)O)cc1O. The number of ether oxygens (including phenoxy) is 1. The third-order valence-corrected chi connectivity index (χ3v) is 2.54. The largest absolute Gasteiger partial charge is 0.504 e. The highest BCUT2D eigenvalue weighted by molar-refractivity contribution is 5.87. The smallest absolute Gasteiger partial charge is 0.471 e. The molecule has 9 heteroatoms. The Morgan fingerprint density at radius 1 is 1.38 bits per heavy atom. The minimum absolute atomic E-state index is 0.130. The Hall–Kier alpha value is -2.45. The number of methoxy groups -OCH3 is 1. The van der Waals surface area contributed by atoms with Gasteiger partial charge in [-0.2, -0.15) is 13.2 Å². The standard InChI is InChI=1S/C12H12F3NO5/c1-21-9-3-2-6(5-8(9)17)4-7(10(18)19)16-11(20)12(13,14)15/h2-3,5,7,17H,4H2,1H3,(H,16,20)(H,18,19). The van der Waals surface area contributed by atoms with Gasteiger partial charge < -0.3 is 20.3 Å². The second kappa shape index (κ2) is 6.33. The third-order valence-electron chi connectivity index (χ3n) is 2.54. The summed E-state index contributed by atoms with van der Waals surface area (Å²) >= 11 is 0. The molecule has 0 saturated carbocycles. The van der Waals surface area contributed by atoms with Gasteiger partial charge in [0.25, 0.3) is 0 Å². The maximum atomic E-state index is 12.1. The van der Waals surface area contributed by atoms with Crippen LogP contribution in [0.1, 0.15) is 5.56 Å². The van der Waals surface area contributed by atoms with E-state index in [1.165, 1.54) is 24.6 Å². The number of hydrogen-bond acceptors (Lipinski definition) is 4. The topological polar surface area (TPSA) is 95.9 Å². The molecule has 3 N–H and O–H groups in total. The number of alkyl halides is 3. The molecule has 1 rings (SSSR count). The van der Waals surface area contributed by atoms with E-state index in [1.54, 1.807) is 0 Å². The molecule has 0 fully saturated rings. The van der Waals surface area contributed by atoms with Gasteiger partial charge in [0.1, 0.15) is 6.04 Å². The summed E-state index contributed by atoms with van der Waals surface area (Å²) in [7, 11) is 1.30. The molecule has 1 atom stereocenters.